The van der Waals surface area contributed by atoms with Gasteiger partial charge in [0.15, 0.2) is 0 Å². The molecule has 1 aliphatic rings. The highest BCUT2D eigenvalue weighted by Gasteiger charge is 2.45. The molecule has 4 heteroatoms. The molecule has 3 nitrogen and oxygen atoms in total. The van der Waals surface area contributed by atoms with Gasteiger partial charge in [-0.05, 0) is 36.5 Å². The van der Waals surface area contributed by atoms with Crippen LogP contribution in [0.5, 0.6) is 0 Å². The number of nitrogens with one attached hydrogen (secondary N) is 1. The zero-order chi connectivity index (χ0) is 14.7. The number of rotatable bonds is 5. The second kappa shape index (κ2) is 6.14. The van der Waals surface area contributed by atoms with Crippen LogP contribution >= 0.6 is 11.6 Å². The zero-order valence-electron chi connectivity index (χ0n) is 11.9. The van der Waals surface area contributed by atoms with Crippen molar-refractivity contribution in [3.05, 3.63) is 64.9 Å². The molecule has 1 saturated carbocycles. The van der Waals surface area contributed by atoms with Crippen molar-refractivity contribution >= 4 is 11.6 Å². The predicted molar refractivity (Wildman–Crippen MR) is 86.0 cm³/mol. The molecule has 0 spiro atoms. The Bertz CT molecular complexity index is 596. The fourth-order valence-corrected chi connectivity index (χ4v) is 3.57. The number of pyridine rings is 1. The first-order valence-corrected chi connectivity index (χ1v) is 7.74. The number of hydrazine groups is 1. The van der Waals surface area contributed by atoms with Crippen molar-refractivity contribution in [3.8, 4) is 0 Å². The van der Waals surface area contributed by atoms with E-state index < -0.39 is 0 Å². The summed E-state index contributed by atoms with van der Waals surface area (Å²) < 4.78 is 0. The fourth-order valence-electron chi connectivity index (χ4n) is 3.37. The van der Waals surface area contributed by atoms with Gasteiger partial charge in [-0.1, -0.05) is 48.4 Å². The van der Waals surface area contributed by atoms with E-state index in [1.54, 1.807) is 12.4 Å². The maximum Gasteiger partial charge on any atom is 0.0621 e. The van der Waals surface area contributed by atoms with E-state index >= 15 is 0 Å². The SMILES string of the molecule is NNC(Cc1ccncc1Cl)C1(c2ccccc2)CCC1. The Balaban J connectivity index is 1.90. The van der Waals surface area contributed by atoms with E-state index in [2.05, 4.69) is 40.7 Å². The monoisotopic (exact) mass is 301 g/mol. The Morgan fingerprint density at radius 3 is 2.57 bits per heavy atom. The fraction of sp³-hybridized carbons (Fsp3) is 0.353. The van der Waals surface area contributed by atoms with Crippen LogP contribution in [0, 0.1) is 0 Å². The van der Waals surface area contributed by atoms with Crippen molar-refractivity contribution in [2.24, 2.45) is 5.84 Å². The van der Waals surface area contributed by atoms with Gasteiger partial charge in [0, 0.05) is 23.9 Å². The smallest absolute Gasteiger partial charge is 0.0621 e. The van der Waals surface area contributed by atoms with Crippen LogP contribution in [0.15, 0.2) is 48.8 Å². The normalized spacial score (nSPS) is 18.0. The Hall–Kier alpha value is -1.42. The summed E-state index contributed by atoms with van der Waals surface area (Å²) in [6.45, 7) is 0. The summed E-state index contributed by atoms with van der Waals surface area (Å²) >= 11 is 6.25. The number of halogens is 1. The van der Waals surface area contributed by atoms with E-state index in [9.17, 15) is 0 Å². The third-order valence-corrected chi connectivity index (χ3v) is 5.08. The van der Waals surface area contributed by atoms with Gasteiger partial charge in [0.05, 0.1) is 5.02 Å². The Morgan fingerprint density at radius 2 is 2.00 bits per heavy atom. The van der Waals surface area contributed by atoms with Gasteiger partial charge in [0.25, 0.3) is 0 Å². The molecule has 1 aromatic carbocycles. The molecule has 1 aliphatic carbocycles. The van der Waals surface area contributed by atoms with E-state index in [0.717, 1.165) is 24.8 Å². The lowest BCUT2D eigenvalue weighted by atomic mass is 9.59. The van der Waals surface area contributed by atoms with Gasteiger partial charge < -0.3 is 0 Å². The molecule has 3 N–H and O–H groups in total. The van der Waals surface area contributed by atoms with Crippen molar-refractivity contribution in [2.45, 2.75) is 37.1 Å². The minimum absolute atomic E-state index is 0.114. The van der Waals surface area contributed by atoms with Gasteiger partial charge in [-0.25, -0.2) is 0 Å². The van der Waals surface area contributed by atoms with Gasteiger partial charge in [-0.2, -0.15) is 0 Å². The highest BCUT2D eigenvalue weighted by atomic mass is 35.5. The summed E-state index contributed by atoms with van der Waals surface area (Å²) in [6, 6.07) is 12.8. The maximum absolute atomic E-state index is 6.25. The third-order valence-electron chi connectivity index (χ3n) is 4.74. The first-order valence-electron chi connectivity index (χ1n) is 7.36. The Labute approximate surface area is 130 Å². The molecule has 21 heavy (non-hydrogen) atoms. The van der Waals surface area contributed by atoms with Crippen molar-refractivity contribution in [1.29, 1.82) is 0 Å². The molecule has 1 heterocycles. The number of aromatic nitrogens is 1. The average molecular weight is 302 g/mol. The van der Waals surface area contributed by atoms with E-state index in [0.29, 0.717) is 5.02 Å². The lowest BCUT2D eigenvalue weighted by Gasteiger charge is -2.48. The van der Waals surface area contributed by atoms with Crippen LogP contribution in [0.25, 0.3) is 0 Å². The molecule has 0 bridgehead atoms. The molecule has 0 amide bonds. The van der Waals surface area contributed by atoms with Gasteiger partial charge in [-0.3, -0.25) is 16.3 Å². The topological polar surface area (TPSA) is 50.9 Å². The molecule has 0 saturated heterocycles. The van der Waals surface area contributed by atoms with Crippen molar-refractivity contribution < 1.29 is 0 Å². The van der Waals surface area contributed by atoms with Gasteiger partial charge in [0.1, 0.15) is 0 Å². The van der Waals surface area contributed by atoms with Gasteiger partial charge >= 0.3 is 0 Å². The lowest BCUT2D eigenvalue weighted by molar-refractivity contribution is 0.168. The van der Waals surface area contributed by atoms with E-state index in [-0.39, 0.29) is 11.5 Å². The number of nitrogens with two attached hydrogens (primary N) is 1. The predicted octanol–water partition coefficient (Wildman–Crippen LogP) is 3.23. The highest BCUT2D eigenvalue weighted by Crippen LogP contribution is 2.47. The van der Waals surface area contributed by atoms with Crippen LogP contribution in [0.4, 0.5) is 0 Å². The Morgan fingerprint density at radius 1 is 1.24 bits per heavy atom. The lowest BCUT2D eigenvalue weighted by Crippen LogP contribution is -2.56. The number of hydrogen-bond donors (Lipinski definition) is 2. The second-order valence-electron chi connectivity index (χ2n) is 5.77. The summed E-state index contributed by atoms with van der Waals surface area (Å²) in [4.78, 5) is 4.05. The van der Waals surface area contributed by atoms with Crippen LogP contribution in [0.1, 0.15) is 30.4 Å². The highest BCUT2D eigenvalue weighted by molar-refractivity contribution is 6.31. The number of benzene rings is 1. The molecule has 3 rings (SSSR count). The Kier molecular flexibility index (Phi) is 4.24. The van der Waals surface area contributed by atoms with Crippen molar-refractivity contribution in [3.63, 3.8) is 0 Å². The molecule has 2 aromatic rings. The summed E-state index contributed by atoms with van der Waals surface area (Å²) in [5.41, 5.74) is 5.61. The third kappa shape index (κ3) is 2.69. The maximum atomic E-state index is 6.25. The first-order chi connectivity index (χ1) is 10.3. The average Bonchev–Trinajstić information content (AvgIpc) is 2.48. The molecule has 1 aromatic heterocycles. The standard InChI is InChI=1S/C17H20ClN3/c18-15-12-20-10-7-13(15)11-16(21-19)17(8-4-9-17)14-5-2-1-3-6-14/h1-3,5-7,10,12,16,21H,4,8-9,11,19H2. The molecular formula is C17H20ClN3. The number of nitrogens with zero attached hydrogens (tertiary/aromatic N) is 1. The van der Waals surface area contributed by atoms with Crippen molar-refractivity contribution in [1.82, 2.24) is 10.4 Å². The van der Waals surface area contributed by atoms with Gasteiger partial charge in [-0.15, -0.1) is 0 Å². The first kappa shape index (κ1) is 14.5. The van der Waals surface area contributed by atoms with E-state index in [4.69, 9.17) is 17.4 Å². The number of hydrogen-bond acceptors (Lipinski definition) is 3. The van der Waals surface area contributed by atoms with E-state index in [1.807, 2.05) is 6.07 Å². The van der Waals surface area contributed by atoms with E-state index in [1.165, 1.54) is 12.0 Å². The molecule has 0 radical (unpaired) electrons. The summed E-state index contributed by atoms with van der Waals surface area (Å²) in [5.74, 6) is 5.89. The molecule has 1 atom stereocenters. The van der Waals surface area contributed by atoms with Crippen LogP contribution in [-0.2, 0) is 11.8 Å². The van der Waals surface area contributed by atoms with Crippen molar-refractivity contribution in [2.75, 3.05) is 0 Å². The largest absolute Gasteiger partial charge is 0.271 e. The minimum atomic E-state index is 0.114. The molecular weight excluding hydrogens is 282 g/mol. The quantitative estimate of drug-likeness (QED) is 0.658. The molecule has 1 fully saturated rings. The molecule has 110 valence electrons. The van der Waals surface area contributed by atoms with Gasteiger partial charge in [0.2, 0.25) is 0 Å². The molecule has 1 unspecified atom stereocenters. The molecule has 0 aliphatic heterocycles. The summed E-state index contributed by atoms with van der Waals surface area (Å²) in [5, 5.41) is 0.709. The minimum Gasteiger partial charge on any atom is -0.271 e. The summed E-state index contributed by atoms with van der Waals surface area (Å²) in [7, 11) is 0. The van der Waals surface area contributed by atoms with Crippen LogP contribution in [0.2, 0.25) is 5.02 Å². The van der Waals surface area contributed by atoms with Crippen LogP contribution in [-0.4, -0.2) is 11.0 Å². The second-order valence-corrected chi connectivity index (χ2v) is 6.17. The zero-order valence-corrected chi connectivity index (χ0v) is 12.7. The van der Waals surface area contributed by atoms with Crippen LogP contribution in [0.3, 0.4) is 0 Å². The summed E-state index contributed by atoms with van der Waals surface area (Å²) in [6.07, 6.45) is 7.86. The van der Waals surface area contributed by atoms with Crippen LogP contribution < -0.4 is 11.3 Å².